The van der Waals surface area contributed by atoms with Crippen LogP contribution in [-0.2, 0) is 9.53 Å². The Kier molecular flexibility index (Phi) is 4.18. The van der Waals surface area contributed by atoms with E-state index in [-0.39, 0.29) is 18.3 Å². The molecule has 0 saturated carbocycles. The van der Waals surface area contributed by atoms with Crippen molar-refractivity contribution in [3.8, 4) is 11.8 Å². The number of hydrogen-bond donors (Lipinski definition) is 0. The van der Waals surface area contributed by atoms with Crippen LogP contribution < -0.4 is 4.74 Å². The Morgan fingerprint density at radius 1 is 1.47 bits per heavy atom. The van der Waals surface area contributed by atoms with Crippen molar-refractivity contribution in [1.82, 2.24) is 0 Å². The Labute approximate surface area is 112 Å². The smallest absolute Gasteiger partial charge is 0.175 e. The Morgan fingerprint density at radius 3 is 2.68 bits per heavy atom. The van der Waals surface area contributed by atoms with Gasteiger partial charge in [-0.3, -0.25) is 4.79 Å². The molecule has 19 heavy (non-hydrogen) atoms. The first-order chi connectivity index (χ1) is 9.11. The van der Waals surface area contributed by atoms with Crippen LogP contribution in [0.25, 0.3) is 0 Å². The van der Waals surface area contributed by atoms with E-state index in [9.17, 15) is 4.79 Å². The van der Waals surface area contributed by atoms with Crippen LogP contribution in [0.3, 0.4) is 0 Å². The van der Waals surface area contributed by atoms with Gasteiger partial charge >= 0.3 is 0 Å². The molecule has 1 fully saturated rings. The molecule has 0 spiro atoms. The second-order valence-electron chi connectivity index (χ2n) is 4.87. The first kappa shape index (κ1) is 13.6. The van der Waals surface area contributed by atoms with E-state index in [0.717, 1.165) is 17.5 Å². The molecule has 0 aliphatic carbocycles. The Bertz CT molecular complexity index is 502. The molecule has 1 unspecified atom stereocenters. The maximum Gasteiger partial charge on any atom is 0.175 e. The SMILES string of the molecule is Cc1cc(C#N)cc(C)c1OCC(=O)C1CCOC1. The summed E-state index contributed by atoms with van der Waals surface area (Å²) < 4.78 is 10.8. The maximum atomic E-state index is 11.9. The third-order valence-corrected chi connectivity index (χ3v) is 3.33. The van der Waals surface area contributed by atoms with Gasteiger partial charge in [-0.15, -0.1) is 0 Å². The molecule has 1 atom stereocenters. The van der Waals surface area contributed by atoms with Gasteiger partial charge in [-0.2, -0.15) is 5.26 Å². The van der Waals surface area contributed by atoms with Crippen LogP contribution in [0.5, 0.6) is 5.75 Å². The van der Waals surface area contributed by atoms with Crippen LogP contribution >= 0.6 is 0 Å². The van der Waals surface area contributed by atoms with Crippen molar-refractivity contribution in [2.45, 2.75) is 20.3 Å². The standard InChI is InChI=1S/C15H17NO3/c1-10-5-12(7-16)6-11(2)15(10)19-9-14(17)13-3-4-18-8-13/h5-6,13H,3-4,8-9H2,1-2H3. The van der Waals surface area contributed by atoms with Crippen molar-refractivity contribution in [1.29, 1.82) is 5.26 Å². The molecule has 0 amide bonds. The number of nitrogens with zero attached hydrogens (tertiary/aromatic N) is 1. The highest BCUT2D eigenvalue weighted by Gasteiger charge is 2.24. The molecule has 1 aromatic carbocycles. The predicted molar refractivity (Wildman–Crippen MR) is 70.1 cm³/mol. The summed E-state index contributed by atoms with van der Waals surface area (Å²) in [6, 6.07) is 5.65. The van der Waals surface area contributed by atoms with Crippen molar-refractivity contribution < 1.29 is 14.3 Å². The molecule has 4 heteroatoms. The highest BCUT2D eigenvalue weighted by atomic mass is 16.5. The molecule has 1 aliphatic heterocycles. The van der Waals surface area contributed by atoms with E-state index in [2.05, 4.69) is 6.07 Å². The fraction of sp³-hybridized carbons (Fsp3) is 0.467. The molecule has 0 N–H and O–H groups in total. The largest absolute Gasteiger partial charge is 0.485 e. The quantitative estimate of drug-likeness (QED) is 0.831. The molecule has 1 aromatic rings. The molecular formula is C15H17NO3. The lowest BCUT2D eigenvalue weighted by Gasteiger charge is -2.13. The van der Waals surface area contributed by atoms with Gasteiger partial charge in [-0.1, -0.05) is 0 Å². The number of carbonyl (C=O) groups is 1. The number of benzene rings is 1. The van der Waals surface area contributed by atoms with Gasteiger partial charge in [0.2, 0.25) is 0 Å². The van der Waals surface area contributed by atoms with Crippen LogP contribution in [0, 0.1) is 31.1 Å². The normalized spacial score (nSPS) is 18.1. The zero-order valence-electron chi connectivity index (χ0n) is 11.2. The summed E-state index contributed by atoms with van der Waals surface area (Å²) in [5.74, 6) is 0.755. The molecular weight excluding hydrogens is 242 g/mol. The maximum absolute atomic E-state index is 11.9. The Morgan fingerprint density at radius 2 is 2.16 bits per heavy atom. The number of ketones is 1. The van der Waals surface area contributed by atoms with Gasteiger partial charge in [0.25, 0.3) is 0 Å². The number of ether oxygens (including phenoxy) is 2. The average Bonchev–Trinajstić information content (AvgIpc) is 2.91. The molecule has 0 aromatic heterocycles. The lowest BCUT2D eigenvalue weighted by atomic mass is 10.0. The third kappa shape index (κ3) is 3.12. The van der Waals surface area contributed by atoms with Gasteiger partial charge in [0, 0.05) is 12.5 Å². The predicted octanol–water partition coefficient (Wildman–Crippen LogP) is 2.16. The zero-order valence-corrected chi connectivity index (χ0v) is 11.2. The molecule has 2 rings (SSSR count). The van der Waals surface area contributed by atoms with Crippen LogP contribution in [0.2, 0.25) is 0 Å². The van der Waals surface area contributed by atoms with Crippen molar-refractivity contribution in [3.05, 3.63) is 28.8 Å². The molecule has 100 valence electrons. The first-order valence-corrected chi connectivity index (χ1v) is 6.36. The monoisotopic (exact) mass is 259 g/mol. The first-order valence-electron chi connectivity index (χ1n) is 6.36. The third-order valence-electron chi connectivity index (χ3n) is 3.33. The Hall–Kier alpha value is -1.86. The summed E-state index contributed by atoms with van der Waals surface area (Å²) in [4.78, 5) is 11.9. The number of rotatable bonds is 4. The number of aryl methyl sites for hydroxylation is 2. The molecule has 4 nitrogen and oxygen atoms in total. The van der Waals surface area contributed by atoms with E-state index in [1.807, 2.05) is 13.8 Å². The van der Waals surface area contributed by atoms with E-state index in [1.165, 1.54) is 0 Å². The summed E-state index contributed by atoms with van der Waals surface area (Å²) in [6.45, 7) is 5.00. The van der Waals surface area contributed by atoms with Gasteiger partial charge < -0.3 is 9.47 Å². The molecule has 0 bridgehead atoms. The second-order valence-corrected chi connectivity index (χ2v) is 4.87. The van der Waals surface area contributed by atoms with Crippen molar-refractivity contribution >= 4 is 5.78 Å². The molecule has 1 aliphatic rings. The van der Waals surface area contributed by atoms with E-state index in [1.54, 1.807) is 12.1 Å². The number of nitriles is 1. The summed E-state index contributed by atoms with van der Waals surface area (Å²) >= 11 is 0. The molecule has 1 saturated heterocycles. The average molecular weight is 259 g/mol. The molecule has 1 heterocycles. The number of carbonyl (C=O) groups excluding carboxylic acids is 1. The summed E-state index contributed by atoms with van der Waals surface area (Å²) in [6.07, 6.45) is 0.785. The van der Waals surface area contributed by atoms with Gasteiger partial charge in [-0.05, 0) is 43.5 Å². The minimum Gasteiger partial charge on any atom is -0.485 e. The van der Waals surface area contributed by atoms with Crippen LogP contribution in [0.1, 0.15) is 23.1 Å². The van der Waals surface area contributed by atoms with Gasteiger partial charge in [-0.25, -0.2) is 0 Å². The van der Waals surface area contributed by atoms with Crippen LogP contribution in [0.4, 0.5) is 0 Å². The van der Waals surface area contributed by atoms with E-state index < -0.39 is 0 Å². The summed E-state index contributed by atoms with van der Waals surface area (Å²) in [5, 5.41) is 8.88. The Balaban J connectivity index is 2.03. The van der Waals surface area contributed by atoms with Crippen LogP contribution in [0.15, 0.2) is 12.1 Å². The fourth-order valence-electron chi connectivity index (χ4n) is 2.29. The van der Waals surface area contributed by atoms with Gasteiger partial charge in [0.15, 0.2) is 5.78 Å². The lowest BCUT2D eigenvalue weighted by Crippen LogP contribution is -2.22. The van der Waals surface area contributed by atoms with E-state index in [4.69, 9.17) is 14.7 Å². The van der Waals surface area contributed by atoms with Crippen molar-refractivity contribution in [2.24, 2.45) is 5.92 Å². The van der Waals surface area contributed by atoms with Crippen LogP contribution in [-0.4, -0.2) is 25.6 Å². The minimum atomic E-state index is -0.0287. The second kappa shape index (κ2) is 5.85. The highest BCUT2D eigenvalue weighted by molar-refractivity contribution is 5.82. The number of Topliss-reactive ketones (excluding diaryl/α,β-unsaturated/α-hetero) is 1. The fourth-order valence-corrected chi connectivity index (χ4v) is 2.29. The highest BCUT2D eigenvalue weighted by Crippen LogP contribution is 2.25. The topological polar surface area (TPSA) is 59.3 Å². The minimum absolute atomic E-state index is 0.0287. The molecule has 0 radical (unpaired) electrons. The lowest BCUT2D eigenvalue weighted by molar-refractivity contribution is -0.124. The number of hydrogen-bond acceptors (Lipinski definition) is 4. The van der Waals surface area contributed by atoms with Gasteiger partial charge in [0.1, 0.15) is 12.4 Å². The van der Waals surface area contributed by atoms with Gasteiger partial charge in [0.05, 0.1) is 18.2 Å². The van der Waals surface area contributed by atoms with Crippen molar-refractivity contribution in [2.75, 3.05) is 19.8 Å². The van der Waals surface area contributed by atoms with E-state index in [0.29, 0.717) is 24.5 Å². The summed E-state index contributed by atoms with van der Waals surface area (Å²) in [5.41, 5.74) is 2.37. The van der Waals surface area contributed by atoms with Crippen molar-refractivity contribution in [3.63, 3.8) is 0 Å². The van der Waals surface area contributed by atoms with E-state index >= 15 is 0 Å². The zero-order chi connectivity index (χ0) is 13.8. The summed E-state index contributed by atoms with van der Waals surface area (Å²) in [7, 11) is 0.